The van der Waals surface area contributed by atoms with E-state index in [9.17, 15) is 4.79 Å². The van der Waals surface area contributed by atoms with Gasteiger partial charge in [0.15, 0.2) is 18.2 Å². The van der Waals surface area contributed by atoms with Crippen molar-refractivity contribution in [3.63, 3.8) is 0 Å². The van der Waals surface area contributed by atoms with Crippen molar-refractivity contribution in [2.75, 3.05) is 35.8 Å². The van der Waals surface area contributed by atoms with Crippen LogP contribution in [-0.2, 0) is 4.79 Å². The summed E-state index contributed by atoms with van der Waals surface area (Å²) in [6.07, 6.45) is 6.05. The third-order valence-corrected chi connectivity index (χ3v) is 4.87. The van der Waals surface area contributed by atoms with Gasteiger partial charge < -0.3 is 15.4 Å². The largest absolute Gasteiger partial charge is 0.482 e. The minimum atomic E-state index is -0.416. The standard InChI is InChI=1S/C18H22Cl2N6O2/c19-12-5-6-14(13(20)9-12)28-10-15(27)24-25-17-16(21)18(23-11-22-17)26-7-3-1-2-4-8-26/h5-6,9,11H,1-4,7-8,10,21H2,(H,24,27)(H,22,23,25). The van der Waals surface area contributed by atoms with Crippen LogP contribution in [0.2, 0.25) is 10.0 Å². The van der Waals surface area contributed by atoms with E-state index in [2.05, 4.69) is 25.7 Å². The van der Waals surface area contributed by atoms with E-state index in [1.807, 2.05) is 0 Å². The van der Waals surface area contributed by atoms with Gasteiger partial charge in [0.05, 0.1) is 5.02 Å². The number of benzene rings is 1. The van der Waals surface area contributed by atoms with Crippen molar-refractivity contribution in [3.8, 4) is 5.75 Å². The highest BCUT2D eigenvalue weighted by Gasteiger charge is 2.17. The summed E-state index contributed by atoms with van der Waals surface area (Å²) < 4.78 is 5.39. The molecule has 1 saturated heterocycles. The molecule has 0 bridgehead atoms. The first-order valence-corrected chi connectivity index (χ1v) is 9.78. The maximum Gasteiger partial charge on any atom is 0.276 e. The Hall–Kier alpha value is -2.45. The number of anilines is 3. The Labute approximate surface area is 173 Å². The van der Waals surface area contributed by atoms with Crippen molar-refractivity contribution in [1.82, 2.24) is 15.4 Å². The first-order chi connectivity index (χ1) is 13.5. The molecule has 3 rings (SSSR count). The summed E-state index contributed by atoms with van der Waals surface area (Å²) in [6, 6.07) is 4.77. The summed E-state index contributed by atoms with van der Waals surface area (Å²) in [5, 5.41) is 0.818. The van der Waals surface area contributed by atoms with Crippen molar-refractivity contribution in [2.24, 2.45) is 0 Å². The summed E-state index contributed by atoms with van der Waals surface area (Å²) in [6.45, 7) is 1.57. The Morgan fingerprint density at radius 1 is 1.18 bits per heavy atom. The molecular formula is C18H22Cl2N6O2. The molecule has 0 unspecified atom stereocenters. The van der Waals surface area contributed by atoms with Gasteiger partial charge in [0, 0.05) is 18.1 Å². The van der Waals surface area contributed by atoms with Gasteiger partial charge in [0.2, 0.25) is 0 Å². The summed E-state index contributed by atoms with van der Waals surface area (Å²) in [5.74, 6) is 0.969. The highest BCUT2D eigenvalue weighted by atomic mass is 35.5. The average Bonchev–Trinajstić information content (AvgIpc) is 2.96. The van der Waals surface area contributed by atoms with Gasteiger partial charge in [0.25, 0.3) is 5.91 Å². The quantitative estimate of drug-likeness (QED) is 0.610. The molecule has 1 fully saturated rings. The third kappa shape index (κ3) is 5.30. The van der Waals surface area contributed by atoms with E-state index >= 15 is 0 Å². The van der Waals surface area contributed by atoms with Crippen LogP contribution >= 0.6 is 23.2 Å². The van der Waals surface area contributed by atoms with Gasteiger partial charge in [-0.15, -0.1) is 0 Å². The lowest BCUT2D eigenvalue weighted by molar-refractivity contribution is -0.122. The Balaban J connectivity index is 1.56. The minimum Gasteiger partial charge on any atom is -0.482 e. The Morgan fingerprint density at radius 2 is 1.93 bits per heavy atom. The zero-order valence-corrected chi connectivity index (χ0v) is 16.8. The molecule has 4 N–H and O–H groups in total. The van der Waals surface area contributed by atoms with Crippen molar-refractivity contribution in [1.29, 1.82) is 0 Å². The molecule has 1 aromatic carbocycles. The molecule has 1 aliphatic heterocycles. The van der Waals surface area contributed by atoms with Crippen LogP contribution in [0.3, 0.4) is 0 Å². The number of carbonyl (C=O) groups is 1. The first kappa shape index (κ1) is 20.3. The Morgan fingerprint density at radius 3 is 2.64 bits per heavy atom. The van der Waals surface area contributed by atoms with Gasteiger partial charge in [0.1, 0.15) is 17.8 Å². The van der Waals surface area contributed by atoms with Crippen LogP contribution in [0.15, 0.2) is 24.5 Å². The van der Waals surface area contributed by atoms with Crippen molar-refractivity contribution < 1.29 is 9.53 Å². The number of aromatic nitrogens is 2. The molecule has 1 aromatic heterocycles. The molecule has 1 aliphatic rings. The fourth-order valence-electron chi connectivity index (χ4n) is 2.92. The summed E-state index contributed by atoms with van der Waals surface area (Å²) in [4.78, 5) is 22.6. The topological polar surface area (TPSA) is 105 Å². The number of nitrogens with zero attached hydrogens (tertiary/aromatic N) is 3. The molecule has 0 spiro atoms. The van der Waals surface area contributed by atoms with E-state index < -0.39 is 5.91 Å². The van der Waals surface area contributed by atoms with Crippen LogP contribution in [0.1, 0.15) is 25.7 Å². The van der Waals surface area contributed by atoms with Gasteiger partial charge in [-0.1, -0.05) is 36.0 Å². The van der Waals surface area contributed by atoms with Crippen molar-refractivity contribution in [3.05, 3.63) is 34.6 Å². The molecule has 150 valence electrons. The Kier molecular flexibility index (Phi) is 7.00. The maximum absolute atomic E-state index is 12.0. The lowest BCUT2D eigenvalue weighted by atomic mass is 10.2. The monoisotopic (exact) mass is 424 g/mol. The first-order valence-electron chi connectivity index (χ1n) is 9.02. The number of hydrogen-bond donors (Lipinski definition) is 3. The second-order valence-electron chi connectivity index (χ2n) is 6.40. The molecule has 1 amide bonds. The van der Waals surface area contributed by atoms with Gasteiger partial charge in [-0.25, -0.2) is 9.97 Å². The molecule has 0 saturated carbocycles. The molecule has 10 heteroatoms. The van der Waals surface area contributed by atoms with Gasteiger partial charge in [-0.3, -0.25) is 15.6 Å². The second-order valence-corrected chi connectivity index (χ2v) is 7.24. The van der Waals surface area contributed by atoms with Crippen LogP contribution in [0, 0.1) is 0 Å². The summed E-state index contributed by atoms with van der Waals surface area (Å²) in [5.41, 5.74) is 11.8. The number of amides is 1. The maximum atomic E-state index is 12.0. The molecule has 0 atom stereocenters. The number of carbonyl (C=O) groups excluding carboxylic acids is 1. The van der Waals surface area contributed by atoms with Crippen LogP contribution in [0.5, 0.6) is 5.75 Å². The second kappa shape index (κ2) is 9.66. The number of halogens is 2. The molecule has 0 radical (unpaired) electrons. The van der Waals surface area contributed by atoms with Crippen LogP contribution in [0.25, 0.3) is 0 Å². The highest BCUT2D eigenvalue weighted by Crippen LogP contribution is 2.28. The van der Waals surface area contributed by atoms with E-state index in [1.165, 1.54) is 19.2 Å². The van der Waals surface area contributed by atoms with E-state index in [4.69, 9.17) is 33.7 Å². The summed E-state index contributed by atoms with van der Waals surface area (Å²) >= 11 is 11.8. The number of nitrogen functional groups attached to an aromatic ring is 1. The molecule has 0 aliphatic carbocycles. The third-order valence-electron chi connectivity index (χ3n) is 4.34. The van der Waals surface area contributed by atoms with Crippen molar-refractivity contribution in [2.45, 2.75) is 25.7 Å². The average molecular weight is 425 g/mol. The van der Waals surface area contributed by atoms with Gasteiger partial charge in [-0.2, -0.15) is 0 Å². The fourth-order valence-corrected chi connectivity index (χ4v) is 3.38. The lowest BCUT2D eigenvalue weighted by Crippen LogP contribution is -2.34. The molecule has 2 heterocycles. The zero-order valence-electron chi connectivity index (χ0n) is 15.3. The molecular weight excluding hydrogens is 403 g/mol. The van der Waals surface area contributed by atoms with Crippen LogP contribution < -0.4 is 26.2 Å². The number of hydrogen-bond acceptors (Lipinski definition) is 7. The SMILES string of the molecule is Nc1c(NNC(=O)COc2ccc(Cl)cc2Cl)ncnc1N1CCCCCC1. The fraction of sp³-hybridized carbons (Fsp3) is 0.389. The summed E-state index contributed by atoms with van der Waals surface area (Å²) in [7, 11) is 0. The van der Waals surface area contributed by atoms with Gasteiger partial charge >= 0.3 is 0 Å². The van der Waals surface area contributed by atoms with Crippen LogP contribution in [0.4, 0.5) is 17.3 Å². The molecule has 8 nitrogen and oxygen atoms in total. The number of nitrogens with one attached hydrogen (secondary N) is 2. The molecule has 2 aromatic rings. The lowest BCUT2D eigenvalue weighted by Gasteiger charge is -2.23. The van der Waals surface area contributed by atoms with E-state index in [-0.39, 0.29) is 6.61 Å². The normalized spacial score (nSPS) is 14.3. The highest BCUT2D eigenvalue weighted by molar-refractivity contribution is 6.35. The van der Waals surface area contributed by atoms with Gasteiger partial charge in [-0.05, 0) is 31.0 Å². The Bertz CT molecular complexity index is 828. The predicted octanol–water partition coefficient (Wildman–Crippen LogP) is 3.27. The van der Waals surface area contributed by atoms with E-state index in [0.29, 0.717) is 33.1 Å². The predicted molar refractivity (Wildman–Crippen MR) is 111 cm³/mol. The number of hydrazine groups is 1. The molecule has 28 heavy (non-hydrogen) atoms. The number of ether oxygens (including phenoxy) is 1. The number of nitrogens with two attached hydrogens (primary N) is 1. The van der Waals surface area contributed by atoms with E-state index in [0.717, 1.165) is 25.9 Å². The van der Waals surface area contributed by atoms with E-state index in [1.54, 1.807) is 18.2 Å². The smallest absolute Gasteiger partial charge is 0.276 e. The number of rotatable bonds is 6. The van der Waals surface area contributed by atoms with Crippen molar-refractivity contribution >= 4 is 46.4 Å². The zero-order chi connectivity index (χ0) is 19.9. The minimum absolute atomic E-state index is 0.238. The van der Waals surface area contributed by atoms with Crippen LogP contribution in [-0.4, -0.2) is 35.6 Å².